The monoisotopic (exact) mass is 352 g/mol. The van der Waals surface area contributed by atoms with Crippen molar-refractivity contribution in [1.29, 1.82) is 0 Å². The fourth-order valence-corrected chi connectivity index (χ4v) is 2.40. The zero-order valence-corrected chi connectivity index (χ0v) is 12.7. The van der Waals surface area contributed by atoms with Gasteiger partial charge in [-0.25, -0.2) is 0 Å². The molecule has 0 aliphatic carbocycles. The summed E-state index contributed by atoms with van der Waals surface area (Å²) in [5, 5.41) is 32.8. The third-order valence-corrected chi connectivity index (χ3v) is 3.62. The molecule has 0 fully saturated rings. The summed E-state index contributed by atoms with van der Waals surface area (Å²) in [7, 11) is 0. The molecule has 1 atom stereocenters. The summed E-state index contributed by atoms with van der Waals surface area (Å²) in [5.41, 5.74) is 1.36. The molecule has 0 bridgehead atoms. The predicted octanol–water partition coefficient (Wildman–Crippen LogP) is 3.94. The third kappa shape index (κ3) is 3.63. The molecule has 0 heterocycles. The molecule has 1 unspecified atom stereocenters. The van der Waals surface area contributed by atoms with Crippen molar-refractivity contribution in [2.75, 3.05) is 5.32 Å². The quantitative estimate of drug-likeness (QED) is 0.572. The number of anilines is 1. The molecule has 2 rings (SSSR count). The standard InChI is InChI=1S/C14H13BrN2O4/c1-8(9-4-11(18)7-12(19)5-9)16-14-3-2-10(17(20)21)6-13(14)15/h2-8,16,18-19H,1H3. The van der Waals surface area contributed by atoms with Crippen molar-refractivity contribution in [3.05, 3.63) is 56.5 Å². The first-order chi connectivity index (χ1) is 9.86. The highest BCUT2D eigenvalue weighted by molar-refractivity contribution is 9.10. The van der Waals surface area contributed by atoms with Crippen molar-refractivity contribution in [3.63, 3.8) is 0 Å². The average Bonchev–Trinajstić information content (AvgIpc) is 2.39. The largest absolute Gasteiger partial charge is 0.508 e. The molecule has 2 aromatic carbocycles. The number of nitrogens with one attached hydrogen (secondary N) is 1. The number of halogens is 1. The van der Waals surface area contributed by atoms with Crippen LogP contribution in [0.5, 0.6) is 11.5 Å². The van der Waals surface area contributed by atoms with Crippen molar-refractivity contribution >= 4 is 27.3 Å². The van der Waals surface area contributed by atoms with Crippen LogP contribution in [0.15, 0.2) is 40.9 Å². The third-order valence-electron chi connectivity index (χ3n) is 2.96. The first-order valence-corrected chi connectivity index (χ1v) is 6.89. The van der Waals surface area contributed by atoms with Gasteiger partial charge in [0.25, 0.3) is 5.69 Å². The van der Waals surface area contributed by atoms with E-state index in [0.29, 0.717) is 15.7 Å². The second kappa shape index (κ2) is 6.01. The van der Waals surface area contributed by atoms with Gasteiger partial charge < -0.3 is 15.5 Å². The van der Waals surface area contributed by atoms with Crippen LogP contribution in [0, 0.1) is 10.1 Å². The van der Waals surface area contributed by atoms with E-state index in [-0.39, 0.29) is 23.2 Å². The molecule has 0 saturated heterocycles. The van der Waals surface area contributed by atoms with Crippen LogP contribution in [0.25, 0.3) is 0 Å². The van der Waals surface area contributed by atoms with Gasteiger partial charge in [0.15, 0.2) is 0 Å². The number of nitrogens with zero attached hydrogens (tertiary/aromatic N) is 1. The maximum absolute atomic E-state index is 10.7. The number of aromatic hydroxyl groups is 2. The topological polar surface area (TPSA) is 95.6 Å². The number of phenolic OH excluding ortho intramolecular Hbond substituents is 2. The number of hydrogen-bond donors (Lipinski definition) is 3. The highest BCUT2D eigenvalue weighted by Gasteiger charge is 2.13. The molecule has 2 aromatic rings. The van der Waals surface area contributed by atoms with Gasteiger partial charge in [0, 0.05) is 34.4 Å². The van der Waals surface area contributed by atoms with Gasteiger partial charge in [0.05, 0.1) is 4.92 Å². The second-order valence-corrected chi connectivity index (χ2v) is 5.42. The summed E-state index contributed by atoms with van der Waals surface area (Å²) in [6, 6.07) is 8.53. The lowest BCUT2D eigenvalue weighted by Crippen LogP contribution is -2.07. The fourth-order valence-electron chi connectivity index (χ4n) is 1.92. The molecule has 0 aliphatic heterocycles. The minimum Gasteiger partial charge on any atom is -0.508 e. The lowest BCUT2D eigenvalue weighted by molar-refractivity contribution is -0.384. The Kier molecular flexibility index (Phi) is 4.32. The van der Waals surface area contributed by atoms with Crippen molar-refractivity contribution in [3.8, 4) is 11.5 Å². The number of nitro benzene ring substituents is 1. The second-order valence-electron chi connectivity index (χ2n) is 4.57. The van der Waals surface area contributed by atoms with Crippen molar-refractivity contribution < 1.29 is 15.1 Å². The summed E-state index contributed by atoms with van der Waals surface area (Å²) in [5.74, 6) is -0.0529. The Morgan fingerprint density at radius 2 is 1.81 bits per heavy atom. The number of hydrogen-bond acceptors (Lipinski definition) is 5. The first-order valence-electron chi connectivity index (χ1n) is 6.10. The maximum atomic E-state index is 10.7. The molecule has 0 aliphatic rings. The number of benzene rings is 2. The molecule has 3 N–H and O–H groups in total. The predicted molar refractivity (Wildman–Crippen MR) is 82.6 cm³/mol. The van der Waals surface area contributed by atoms with Gasteiger partial charge in [-0.3, -0.25) is 10.1 Å². The highest BCUT2D eigenvalue weighted by Crippen LogP contribution is 2.31. The molecule has 0 spiro atoms. The van der Waals surface area contributed by atoms with E-state index in [4.69, 9.17) is 0 Å². The molecule has 7 heteroatoms. The molecule has 6 nitrogen and oxygen atoms in total. The summed E-state index contributed by atoms with van der Waals surface area (Å²) >= 11 is 3.28. The van der Waals surface area contributed by atoms with Crippen molar-refractivity contribution in [1.82, 2.24) is 0 Å². The normalized spacial score (nSPS) is 11.9. The molecule has 0 radical (unpaired) electrons. The van der Waals surface area contributed by atoms with Crippen LogP contribution in [0.3, 0.4) is 0 Å². The Balaban J connectivity index is 2.23. The summed E-state index contributed by atoms with van der Waals surface area (Å²) in [6.45, 7) is 1.85. The number of phenols is 2. The van der Waals surface area contributed by atoms with Gasteiger partial charge >= 0.3 is 0 Å². The Morgan fingerprint density at radius 3 is 2.33 bits per heavy atom. The minimum absolute atomic E-state index is 0.00456. The van der Waals surface area contributed by atoms with Gasteiger partial charge in [0.1, 0.15) is 11.5 Å². The minimum atomic E-state index is -0.467. The van der Waals surface area contributed by atoms with E-state index in [1.54, 1.807) is 6.07 Å². The van der Waals surface area contributed by atoms with Crippen LogP contribution < -0.4 is 5.32 Å². The molecule has 0 aromatic heterocycles. The average molecular weight is 353 g/mol. The summed E-state index contributed by atoms with van der Waals surface area (Å²) in [6.07, 6.45) is 0. The lowest BCUT2D eigenvalue weighted by Gasteiger charge is -2.17. The Morgan fingerprint density at radius 1 is 1.19 bits per heavy atom. The van der Waals surface area contributed by atoms with E-state index >= 15 is 0 Å². The maximum Gasteiger partial charge on any atom is 0.270 e. The molecule has 0 amide bonds. The van der Waals surface area contributed by atoms with Crippen LogP contribution >= 0.6 is 15.9 Å². The van der Waals surface area contributed by atoms with Crippen LogP contribution in [0.4, 0.5) is 11.4 Å². The van der Waals surface area contributed by atoms with Crippen LogP contribution in [-0.2, 0) is 0 Å². The van der Waals surface area contributed by atoms with E-state index in [0.717, 1.165) is 0 Å². The summed E-state index contributed by atoms with van der Waals surface area (Å²) < 4.78 is 0.563. The fraction of sp³-hybridized carbons (Fsp3) is 0.143. The number of non-ortho nitro benzene ring substituents is 1. The highest BCUT2D eigenvalue weighted by atomic mass is 79.9. The Labute approximate surface area is 129 Å². The van der Waals surface area contributed by atoms with Crippen molar-refractivity contribution in [2.45, 2.75) is 13.0 Å². The Bertz CT molecular complexity index is 670. The number of nitro groups is 1. The van der Waals surface area contributed by atoms with Crippen LogP contribution in [0.1, 0.15) is 18.5 Å². The lowest BCUT2D eigenvalue weighted by atomic mass is 10.1. The van der Waals surface area contributed by atoms with Crippen LogP contribution in [-0.4, -0.2) is 15.1 Å². The van der Waals surface area contributed by atoms with E-state index in [1.165, 1.54) is 30.3 Å². The SMILES string of the molecule is CC(Nc1ccc([N+](=O)[O-])cc1Br)c1cc(O)cc(O)c1. The molecule has 21 heavy (non-hydrogen) atoms. The van der Waals surface area contributed by atoms with Gasteiger partial charge in [-0.2, -0.15) is 0 Å². The smallest absolute Gasteiger partial charge is 0.270 e. The van der Waals surface area contributed by atoms with Gasteiger partial charge in [0.2, 0.25) is 0 Å². The Hall–Kier alpha value is -2.28. The van der Waals surface area contributed by atoms with Gasteiger partial charge in [-0.1, -0.05) is 0 Å². The molecule has 110 valence electrons. The van der Waals surface area contributed by atoms with E-state index in [1.807, 2.05) is 6.92 Å². The first kappa shape index (κ1) is 15.1. The van der Waals surface area contributed by atoms with Gasteiger partial charge in [-0.15, -0.1) is 0 Å². The molecular formula is C14H13BrN2O4. The zero-order valence-electron chi connectivity index (χ0n) is 11.1. The van der Waals surface area contributed by atoms with E-state index in [9.17, 15) is 20.3 Å². The molecule has 0 saturated carbocycles. The summed E-state index contributed by atoms with van der Waals surface area (Å²) in [4.78, 5) is 10.2. The molecular weight excluding hydrogens is 340 g/mol. The van der Waals surface area contributed by atoms with Gasteiger partial charge in [-0.05, 0) is 46.6 Å². The number of rotatable bonds is 4. The van der Waals surface area contributed by atoms with Crippen molar-refractivity contribution in [2.24, 2.45) is 0 Å². The van der Waals surface area contributed by atoms with E-state index < -0.39 is 4.92 Å². The zero-order chi connectivity index (χ0) is 15.6. The van der Waals surface area contributed by atoms with Crippen LogP contribution in [0.2, 0.25) is 0 Å². The van der Waals surface area contributed by atoms with E-state index in [2.05, 4.69) is 21.2 Å².